The van der Waals surface area contributed by atoms with Gasteiger partial charge in [-0.3, -0.25) is 0 Å². The Kier molecular flexibility index (Phi) is 4.05. The molecule has 0 spiro atoms. The van der Waals surface area contributed by atoms with Crippen LogP contribution in [-0.4, -0.2) is 31.2 Å². The van der Waals surface area contributed by atoms with Gasteiger partial charge in [-0.2, -0.15) is 0 Å². The van der Waals surface area contributed by atoms with E-state index in [1.807, 2.05) is 6.07 Å². The standard InChI is InChI=1S/C13H16BrNO2/c1-17-13(16)15-7-5-10(6-8-15)11-3-2-4-12(14)9-11/h2-4,9-10H,5-8H2,1H3. The van der Waals surface area contributed by atoms with E-state index >= 15 is 0 Å². The molecule has 1 aliphatic rings. The molecule has 0 unspecified atom stereocenters. The van der Waals surface area contributed by atoms with Crippen molar-refractivity contribution in [2.24, 2.45) is 0 Å². The number of likely N-dealkylation sites (tertiary alicyclic amines) is 1. The van der Waals surface area contributed by atoms with E-state index in [4.69, 9.17) is 4.74 Å². The van der Waals surface area contributed by atoms with Crippen molar-refractivity contribution in [2.75, 3.05) is 20.2 Å². The monoisotopic (exact) mass is 297 g/mol. The first-order valence-corrected chi connectivity index (χ1v) is 6.58. The zero-order valence-electron chi connectivity index (χ0n) is 9.86. The SMILES string of the molecule is COC(=O)N1CCC(c2cccc(Br)c2)CC1. The molecule has 3 nitrogen and oxygen atoms in total. The third kappa shape index (κ3) is 3.00. The molecule has 0 radical (unpaired) electrons. The molecule has 1 amide bonds. The number of benzene rings is 1. The molecule has 0 aromatic heterocycles. The van der Waals surface area contributed by atoms with Crippen LogP contribution < -0.4 is 0 Å². The number of methoxy groups -OCH3 is 1. The summed E-state index contributed by atoms with van der Waals surface area (Å²) in [6.45, 7) is 1.56. The summed E-state index contributed by atoms with van der Waals surface area (Å²) in [5.41, 5.74) is 1.35. The fourth-order valence-corrected chi connectivity index (χ4v) is 2.70. The summed E-state index contributed by atoms with van der Waals surface area (Å²) < 4.78 is 5.85. The first kappa shape index (κ1) is 12.4. The molecule has 0 saturated carbocycles. The number of piperidine rings is 1. The Labute approximate surface area is 110 Å². The maximum Gasteiger partial charge on any atom is 0.409 e. The number of hydrogen-bond donors (Lipinski definition) is 0. The van der Waals surface area contributed by atoms with Gasteiger partial charge < -0.3 is 9.64 Å². The van der Waals surface area contributed by atoms with Crippen molar-refractivity contribution in [1.82, 2.24) is 4.90 Å². The molecule has 1 saturated heterocycles. The van der Waals surface area contributed by atoms with Crippen molar-refractivity contribution in [1.29, 1.82) is 0 Å². The maximum atomic E-state index is 11.4. The zero-order chi connectivity index (χ0) is 12.3. The molecule has 0 bridgehead atoms. The lowest BCUT2D eigenvalue weighted by atomic mass is 9.90. The molecule has 0 N–H and O–H groups in total. The first-order valence-electron chi connectivity index (χ1n) is 5.79. The molecule has 1 heterocycles. The van der Waals surface area contributed by atoms with Gasteiger partial charge in [-0.25, -0.2) is 4.79 Å². The van der Waals surface area contributed by atoms with Gasteiger partial charge in [-0.15, -0.1) is 0 Å². The molecule has 4 heteroatoms. The van der Waals surface area contributed by atoms with E-state index in [2.05, 4.69) is 34.1 Å². The molecule has 1 aromatic rings. The lowest BCUT2D eigenvalue weighted by molar-refractivity contribution is 0.112. The molecule has 1 aliphatic heterocycles. The van der Waals surface area contributed by atoms with Crippen molar-refractivity contribution in [3.05, 3.63) is 34.3 Å². The van der Waals surface area contributed by atoms with Crippen LogP contribution in [-0.2, 0) is 4.74 Å². The van der Waals surface area contributed by atoms with E-state index in [1.54, 1.807) is 4.90 Å². The largest absolute Gasteiger partial charge is 0.453 e. The van der Waals surface area contributed by atoms with Gasteiger partial charge >= 0.3 is 6.09 Å². The predicted molar refractivity (Wildman–Crippen MR) is 70.1 cm³/mol. The van der Waals surface area contributed by atoms with E-state index in [0.29, 0.717) is 5.92 Å². The Balaban J connectivity index is 1.97. The number of amides is 1. The fraction of sp³-hybridized carbons (Fsp3) is 0.462. The van der Waals surface area contributed by atoms with E-state index in [0.717, 1.165) is 30.4 Å². The average Bonchev–Trinajstić information content (AvgIpc) is 2.38. The third-order valence-electron chi connectivity index (χ3n) is 3.25. The van der Waals surface area contributed by atoms with E-state index in [9.17, 15) is 4.79 Å². The summed E-state index contributed by atoms with van der Waals surface area (Å²) >= 11 is 3.49. The van der Waals surface area contributed by atoms with Gasteiger partial charge in [0.25, 0.3) is 0 Å². The highest BCUT2D eigenvalue weighted by Gasteiger charge is 2.24. The molecule has 92 valence electrons. The van der Waals surface area contributed by atoms with E-state index in [-0.39, 0.29) is 6.09 Å². The normalized spacial score (nSPS) is 16.9. The quantitative estimate of drug-likeness (QED) is 0.795. The van der Waals surface area contributed by atoms with Crippen LogP contribution in [0, 0.1) is 0 Å². The van der Waals surface area contributed by atoms with Crippen LogP contribution >= 0.6 is 15.9 Å². The van der Waals surface area contributed by atoms with Gasteiger partial charge in [0, 0.05) is 17.6 Å². The number of nitrogens with zero attached hydrogens (tertiary/aromatic N) is 1. The van der Waals surface area contributed by atoms with Gasteiger partial charge in [0.1, 0.15) is 0 Å². The molecule has 2 rings (SSSR count). The second-order valence-electron chi connectivity index (χ2n) is 4.29. The second-order valence-corrected chi connectivity index (χ2v) is 5.20. The van der Waals surface area contributed by atoms with Crippen LogP contribution in [0.1, 0.15) is 24.3 Å². The predicted octanol–water partition coefficient (Wildman–Crippen LogP) is 3.39. The summed E-state index contributed by atoms with van der Waals surface area (Å²) in [6, 6.07) is 8.42. The Bertz CT molecular complexity index is 400. The van der Waals surface area contributed by atoms with Crippen molar-refractivity contribution >= 4 is 22.0 Å². The highest BCUT2D eigenvalue weighted by atomic mass is 79.9. The first-order chi connectivity index (χ1) is 8.20. The third-order valence-corrected chi connectivity index (χ3v) is 3.74. The minimum atomic E-state index is -0.210. The van der Waals surface area contributed by atoms with Crippen molar-refractivity contribution < 1.29 is 9.53 Å². The Morgan fingerprint density at radius 1 is 1.41 bits per heavy atom. The fourth-order valence-electron chi connectivity index (χ4n) is 2.29. The highest BCUT2D eigenvalue weighted by Crippen LogP contribution is 2.29. The van der Waals surface area contributed by atoms with Crippen LogP contribution in [0.2, 0.25) is 0 Å². The summed E-state index contributed by atoms with van der Waals surface area (Å²) in [7, 11) is 1.43. The van der Waals surface area contributed by atoms with Gasteiger partial charge in [0.15, 0.2) is 0 Å². The van der Waals surface area contributed by atoms with E-state index < -0.39 is 0 Å². The number of carbonyl (C=O) groups excluding carboxylic acids is 1. The number of ether oxygens (including phenoxy) is 1. The van der Waals surface area contributed by atoms with Gasteiger partial charge in [0.05, 0.1) is 7.11 Å². The maximum absolute atomic E-state index is 11.4. The lowest BCUT2D eigenvalue weighted by Gasteiger charge is -2.31. The summed E-state index contributed by atoms with van der Waals surface area (Å²) in [4.78, 5) is 13.1. The van der Waals surface area contributed by atoms with Crippen LogP contribution in [0.4, 0.5) is 4.79 Å². The van der Waals surface area contributed by atoms with Crippen molar-refractivity contribution in [3.8, 4) is 0 Å². The Morgan fingerprint density at radius 3 is 2.71 bits per heavy atom. The summed E-state index contributed by atoms with van der Waals surface area (Å²) in [5.74, 6) is 0.549. The van der Waals surface area contributed by atoms with Crippen LogP contribution in [0.5, 0.6) is 0 Å². The summed E-state index contributed by atoms with van der Waals surface area (Å²) in [6.07, 6.45) is 1.80. The number of rotatable bonds is 1. The Hall–Kier alpha value is -1.03. The molecule has 1 aromatic carbocycles. The molecular formula is C13H16BrNO2. The number of halogens is 1. The lowest BCUT2D eigenvalue weighted by Crippen LogP contribution is -2.37. The van der Waals surface area contributed by atoms with Crippen molar-refractivity contribution in [3.63, 3.8) is 0 Å². The van der Waals surface area contributed by atoms with Crippen molar-refractivity contribution in [2.45, 2.75) is 18.8 Å². The van der Waals surface area contributed by atoms with Gasteiger partial charge in [-0.1, -0.05) is 28.1 Å². The summed E-state index contributed by atoms with van der Waals surface area (Å²) in [5, 5.41) is 0. The second kappa shape index (κ2) is 5.54. The van der Waals surface area contributed by atoms with E-state index in [1.165, 1.54) is 12.7 Å². The van der Waals surface area contributed by atoms with Gasteiger partial charge in [0.2, 0.25) is 0 Å². The molecule has 17 heavy (non-hydrogen) atoms. The molecule has 0 aliphatic carbocycles. The topological polar surface area (TPSA) is 29.5 Å². The van der Waals surface area contributed by atoms with Crippen LogP contribution in [0.3, 0.4) is 0 Å². The number of carbonyl (C=O) groups is 1. The minimum absolute atomic E-state index is 0.210. The smallest absolute Gasteiger partial charge is 0.409 e. The Morgan fingerprint density at radius 2 is 2.12 bits per heavy atom. The zero-order valence-corrected chi connectivity index (χ0v) is 11.4. The highest BCUT2D eigenvalue weighted by molar-refractivity contribution is 9.10. The molecule has 1 fully saturated rings. The van der Waals surface area contributed by atoms with Crippen LogP contribution in [0.15, 0.2) is 28.7 Å². The molecular weight excluding hydrogens is 282 g/mol. The van der Waals surface area contributed by atoms with Gasteiger partial charge in [-0.05, 0) is 36.5 Å². The average molecular weight is 298 g/mol. The molecule has 0 atom stereocenters. The van der Waals surface area contributed by atoms with Crippen LogP contribution in [0.25, 0.3) is 0 Å². The minimum Gasteiger partial charge on any atom is -0.453 e. The number of hydrogen-bond acceptors (Lipinski definition) is 2.